The number of rotatable bonds is 4. The van der Waals surface area contributed by atoms with Crippen molar-refractivity contribution in [1.82, 2.24) is 10.1 Å². The van der Waals surface area contributed by atoms with Gasteiger partial charge in [0, 0.05) is 35.6 Å². The van der Waals surface area contributed by atoms with E-state index in [1.54, 1.807) is 0 Å². The first-order valence-electron chi connectivity index (χ1n) is 9.18. The van der Waals surface area contributed by atoms with Crippen LogP contribution >= 0.6 is 15.9 Å². The topological polar surface area (TPSA) is 46.5 Å². The molecule has 5 nitrogen and oxygen atoms in total. The Morgan fingerprint density at radius 3 is 2.54 bits per heavy atom. The number of aromatic nitrogens is 2. The van der Waals surface area contributed by atoms with Gasteiger partial charge in [0.25, 0.3) is 5.54 Å². The van der Waals surface area contributed by atoms with Gasteiger partial charge in [-0.1, -0.05) is 17.3 Å². The SMILES string of the molecule is [C-]#[N+]C1(c2ncc(N(C)c3cc(-c4c(C)noc4C)ccc3C)cc2Br)CC1. The predicted molar refractivity (Wildman–Crippen MR) is 114 cm³/mol. The van der Waals surface area contributed by atoms with Crippen LogP contribution in [0, 0.1) is 27.3 Å². The number of halogens is 1. The Bertz CT molecular complexity index is 1090. The van der Waals surface area contributed by atoms with E-state index in [-0.39, 0.29) is 0 Å². The zero-order valence-electron chi connectivity index (χ0n) is 16.4. The van der Waals surface area contributed by atoms with Crippen LogP contribution in [0.4, 0.5) is 11.4 Å². The summed E-state index contributed by atoms with van der Waals surface area (Å²) in [5.41, 5.74) is 6.65. The van der Waals surface area contributed by atoms with E-state index in [2.05, 4.69) is 67.0 Å². The number of pyridine rings is 1. The molecule has 0 aliphatic heterocycles. The largest absolute Gasteiger partial charge is 0.361 e. The van der Waals surface area contributed by atoms with Gasteiger partial charge in [0.15, 0.2) is 0 Å². The quantitative estimate of drug-likeness (QED) is 0.463. The normalized spacial score (nSPS) is 14.6. The summed E-state index contributed by atoms with van der Waals surface area (Å²) in [6.07, 6.45) is 3.62. The lowest BCUT2D eigenvalue weighted by molar-refractivity contribution is 0.393. The fourth-order valence-corrected chi connectivity index (χ4v) is 4.34. The predicted octanol–water partition coefficient (Wildman–Crippen LogP) is 6.10. The Labute approximate surface area is 173 Å². The molecule has 0 atom stereocenters. The number of nitrogens with zero attached hydrogens (tertiary/aromatic N) is 4. The summed E-state index contributed by atoms with van der Waals surface area (Å²) < 4.78 is 6.23. The van der Waals surface area contributed by atoms with E-state index in [9.17, 15) is 0 Å². The molecule has 0 saturated heterocycles. The van der Waals surface area contributed by atoms with E-state index in [0.29, 0.717) is 0 Å². The Balaban J connectivity index is 1.73. The second-order valence-corrected chi connectivity index (χ2v) is 8.28. The number of anilines is 2. The maximum Gasteiger partial charge on any atom is 0.275 e. The van der Waals surface area contributed by atoms with Crippen LogP contribution in [0.25, 0.3) is 16.0 Å². The van der Waals surface area contributed by atoms with Crippen molar-refractivity contribution in [3.63, 3.8) is 0 Å². The Morgan fingerprint density at radius 1 is 1.21 bits per heavy atom. The first-order valence-corrected chi connectivity index (χ1v) is 9.98. The van der Waals surface area contributed by atoms with Crippen LogP contribution in [0.3, 0.4) is 0 Å². The summed E-state index contributed by atoms with van der Waals surface area (Å²) in [4.78, 5) is 10.5. The minimum atomic E-state index is -0.422. The third-order valence-corrected chi connectivity index (χ3v) is 6.09. The summed E-state index contributed by atoms with van der Waals surface area (Å²) in [6, 6.07) is 8.42. The van der Waals surface area contributed by atoms with E-state index < -0.39 is 5.54 Å². The molecule has 28 heavy (non-hydrogen) atoms. The van der Waals surface area contributed by atoms with Crippen LogP contribution in [0.5, 0.6) is 0 Å². The van der Waals surface area contributed by atoms with Crippen molar-refractivity contribution < 1.29 is 4.52 Å². The van der Waals surface area contributed by atoms with Crippen LogP contribution in [-0.2, 0) is 5.54 Å². The lowest BCUT2D eigenvalue weighted by atomic mass is 10.0. The molecule has 0 radical (unpaired) electrons. The monoisotopic (exact) mass is 436 g/mol. The molecule has 2 heterocycles. The van der Waals surface area contributed by atoms with Crippen molar-refractivity contribution >= 4 is 27.3 Å². The lowest BCUT2D eigenvalue weighted by Gasteiger charge is -2.23. The molecule has 1 saturated carbocycles. The Hall–Kier alpha value is -2.65. The summed E-state index contributed by atoms with van der Waals surface area (Å²) >= 11 is 3.64. The summed E-state index contributed by atoms with van der Waals surface area (Å²) in [6.45, 7) is 13.5. The minimum Gasteiger partial charge on any atom is -0.361 e. The highest BCUT2D eigenvalue weighted by molar-refractivity contribution is 9.10. The molecule has 1 aliphatic carbocycles. The van der Waals surface area contributed by atoms with Gasteiger partial charge in [-0.05, 0) is 60.0 Å². The second-order valence-electron chi connectivity index (χ2n) is 7.43. The van der Waals surface area contributed by atoms with Crippen LogP contribution in [0.1, 0.15) is 35.6 Å². The minimum absolute atomic E-state index is 0.422. The average Bonchev–Trinajstić information content (AvgIpc) is 3.41. The number of benzene rings is 1. The smallest absolute Gasteiger partial charge is 0.275 e. The van der Waals surface area contributed by atoms with Crippen molar-refractivity contribution in [3.05, 3.63) is 69.1 Å². The van der Waals surface area contributed by atoms with Crippen molar-refractivity contribution in [2.45, 2.75) is 39.2 Å². The van der Waals surface area contributed by atoms with E-state index in [1.165, 1.54) is 0 Å². The van der Waals surface area contributed by atoms with Gasteiger partial charge < -0.3 is 14.3 Å². The highest BCUT2D eigenvalue weighted by Gasteiger charge is 2.55. The van der Waals surface area contributed by atoms with Crippen molar-refractivity contribution in [2.24, 2.45) is 0 Å². The third-order valence-electron chi connectivity index (χ3n) is 5.48. The highest BCUT2D eigenvalue weighted by Crippen LogP contribution is 2.51. The van der Waals surface area contributed by atoms with Crippen LogP contribution < -0.4 is 4.90 Å². The second kappa shape index (κ2) is 6.75. The van der Waals surface area contributed by atoms with E-state index in [4.69, 9.17) is 11.1 Å². The zero-order valence-corrected chi connectivity index (χ0v) is 18.0. The van der Waals surface area contributed by atoms with Gasteiger partial charge in [-0.25, -0.2) is 11.6 Å². The zero-order chi connectivity index (χ0) is 20.1. The molecule has 3 aromatic rings. The number of hydrogen-bond donors (Lipinski definition) is 0. The van der Waals surface area contributed by atoms with Gasteiger partial charge in [-0.15, -0.1) is 0 Å². The summed E-state index contributed by atoms with van der Waals surface area (Å²) in [7, 11) is 2.03. The molecule has 0 unspecified atom stereocenters. The molecule has 0 N–H and O–H groups in total. The fourth-order valence-electron chi connectivity index (χ4n) is 3.63. The van der Waals surface area contributed by atoms with Gasteiger partial charge in [0.05, 0.1) is 17.6 Å². The van der Waals surface area contributed by atoms with Gasteiger partial charge in [-0.2, -0.15) is 0 Å². The molecule has 142 valence electrons. The van der Waals surface area contributed by atoms with Crippen LogP contribution in [0.2, 0.25) is 0 Å². The van der Waals surface area contributed by atoms with Gasteiger partial charge in [0.2, 0.25) is 0 Å². The maximum atomic E-state index is 7.47. The van der Waals surface area contributed by atoms with Crippen molar-refractivity contribution in [2.75, 3.05) is 11.9 Å². The van der Waals surface area contributed by atoms with Gasteiger partial charge in [-0.3, -0.25) is 0 Å². The molecule has 2 aromatic heterocycles. The summed E-state index contributed by atoms with van der Waals surface area (Å²) in [5.74, 6) is 0.817. The van der Waals surface area contributed by atoms with Crippen LogP contribution in [0.15, 0.2) is 39.5 Å². The number of hydrogen-bond acceptors (Lipinski definition) is 4. The molecule has 6 heteroatoms. The first kappa shape index (κ1) is 18.7. The third kappa shape index (κ3) is 3.00. The van der Waals surface area contributed by atoms with E-state index >= 15 is 0 Å². The first-order chi connectivity index (χ1) is 13.4. The molecule has 0 spiro atoms. The van der Waals surface area contributed by atoms with Crippen LogP contribution in [-0.4, -0.2) is 17.2 Å². The maximum absolute atomic E-state index is 7.47. The molecule has 1 aliphatic rings. The Morgan fingerprint density at radius 2 is 1.96 bits per heavy atom. The van der Waals surface area contributed by atoms with E-state index in [0.717, 1.165) is 62.5 Å². The molecule has 0 amide bonds. The lowest BCUT2D eigenvalue weighted by Crippen LogP contribution is -2.13. The molecule has 1 fully saturated rings. The summed E-state index contributed by atoms with van der Waals surface area (Å²) in [5, 5.41) is 4.08. The molecule has 1 aromatic carbocycles. The molecular formula is C22H21BrN4O. The standard InChI is InChI=1S/C22H21BrN4O/c1-13-6-7-16(20-14(2)26-28-15(20)3)10-19(13)27(5)17-11-18(23)21(25-12-17)22(24-4)8-9-22/h6-7,10-12H,8-9H2,1-3,5H3. The van der Waals surface area contributed by atoms with Gasteiger partial charge in [0.1, 0.15) is 11.5 Å². The van der Waals surface area contributed by atoms with Crippen molar-refractivity contribution in [3.8, 4) is 11.1 Å². The highest BCUT2D eigenvalue weighted by atomic mass is 79.9. The molecule has 4 rings (SSSR count). The Kier molecular flexibility index (Phi) is 4.51. The van der Waals surface area contributed by atoms with Gasteiger partial charge >= 0.3 is 0 Å². The van der Waals surface area contributed by atoms with E-state index in [1.807, 2.05) is 27.1 Å². The fraction of sp³-hybridized carbons (Fsp3) is 0.318. The molecule has 0 bridgehead atoms. The van der Waals surface area contributed by atoms with Crippen molar-refractivity contribution in [1.29, 1.82) is 0 Å². The average molecular weight is 437 g/mol. The number of aryl methyl sites for hydroxylation is 3. The molecular weight excluding hydrogens is 416 g/mol.